The molecule has 150 valence electrons. The van der Waals surface area contributed by atoms with Crippen LogP contribution in [0.15, 0.2) is 50.5 Å². The van der Waals surface area contributed by atoms with E-state index < -0.39 is 5.97 Å². The number of benzene rings is 1. The summed E-state index contributed by atoms with van der Waals surface area (Å²) < 4.78 is 14.5. The van der Waals surface area contributed by atoms with Crippen LogP contribution in [0.1, 0.15) is 28.9 Å². The van der Waals surface area contributed by atoms with Gasteiger partial charge in [0.05, 0.1) is 35.1 Å². The normalized spacial score (nSPS) is 11.2. The van der Waals surface area contributed by atoms with Gasteiger partial charge >= 0.3 is 5.97 Å². The van der Waals surface area contributed by atoms with Crippen LogP contribution >= 0.6 is 34.9 Å². The third-order valence-electron chi connectivity index (χ3n) is 4.19. The highest BCUT2D eigenvalue weighted by molar-refractivity contribution is 8.00. The Hall–Kier alpha value is -2.30. The van der Waals surface area contributed by atoms with Gasteiger partial charge in [-0.05, 0) is 25.1 Å². The van der Waals surface area contributed by atoms with Crippen molar-refractivity contribution in [2.24, 2.45) is 0 Å². The molecule has 0 saturated carbocycles. The van der Waals surface area contributed by atoms with Crippen molar-refractivity contribution in [1.82, 2.24) is 19.7 Å². The summed E-state index contributed by atoms with van der Waals surface area (Å²) in [6.07, 6.45) is 1.49. The molecule has 3 heterocycles. The summed E-state index contributed by atoms with van der Waals surface area (Å²) in [6, 6.07) is 9.75. The van der Waals surface area contributed by atoms with Crippen molar-refractivity contribution in [3.05, 3.63) is 53.7 Å². The summed E-state index contributed by atoms with van der Waals surface area (Å²) in [7, 11) is 1.36. The highest BCUT2D eigenvalue weighted by atomic mass is 32.2. The van der Waals surface area contributed by atoms with Gasteiger partial charge in [0.2, 0.25) is 0 Å². The number of thioether (sulfide) groups is 2. The zero-order chi connectivity index (χ0) is 20.2. The van der Waals surface area contributed by atoms with Crippen molar-refractivity contribution in [2.45, 2.75) is 34.5 Å². The van der Waals surface area contributed by atoms with Gasteiger partial charge in [-0.25, -0.2) is 9.78 Å². The van der Waals surface area contributed by atoms with Crippen molar-refractivity contribution >= 4 is 51.0 Å². The number of methoxy groups -OCH3 is 1. The molecule has 3 aromatic heterocycles. The Labute approximate surface area is 179 Å². The van der Waals surface area contributed by atoms with Gasteiger partial charge in [0.25, 0.3) is 0 Å². The van der Waals surface area contributed by atoms with Crippen molar-refractivity contribution in [3.8, 4) is 0 Å². The molecular weight excluding hydrogens is 428 g/mol. The summed E-state index contributed by atoms with van der Waals surface area (Å²) in [5.41, 5.74) is 1.46. The molecule has 0 aliphatic heterocycles. The predicted molar refractivity (Wildman–Crippen MR) is 114 cm³/mol. The van der Waals surface area contributed by atoms with E-state index in [1.54, 1.807) is 29.2 Å². The number of carbonyl (C=O) groups is 1. The Morgan fingerprint density at radius 1 is 1.21 bits per heavy atom. The van der Waals surface area contributed by atoms with Crippen LogP contribution in [-0.4, -0.2) is 32.8 Å². The van der Waals surface area contributed by atoms with Crippen LogP contribution in [-0.2, 0) is 22.8 Å². The Bertz CT molecular complexity index is 1100. The van der Waals surface area contributed by atoms with Crippen LogP contribution in [0.2, 0.25) is 0 Å². The molecule has 0 radical (unpaired) electrons. The smallest absolute Gasteiger partial charge is 0.341 e. The van der Waals surface area contributed by atoms with Gasteiger partial charge in [-0.1, -0.05) is 35.7 Å². The highest BCUT2D eigenvalue weighted by Gasteiger charge is 2.18. The fourth-order valence-corrected chi connectivity index (χ4v) is 5.74. The van der Waals surface area contributed by atoms with Crippen LogP contribution in [0.5, 0.6) is 0 Å². The summed E-state index contributed by atoms with van der Waals surface area (Å²) in [4.78, 5) is 16.4. The number of furan rings is 1. The molecule has 0 amide bonds. The zero-order valence-electron chi connectivity index (χ0n) is 15.8. The molecule has 0 N–H and O–H groups in total. The van der Waals surface area contributed by atoms with Crippen LogP contribution in [0.4, 0.5) is 0 Å². The topological polar surface area (TPSA) is 83.0 Å². The maximum Gasteiger partial charge on any atom is 0.341 e. The lowest BCUT2D eigenvalue weighted by Gasteiger charge is -2.06. The Morgan fingerprint density at radius 2 is 2.07 bits per heavy atom. The van der Waals surface area contributed by atoms with Crippen LogP contribution in [0.3, 0.4) is 0 Å². The molecule has 7 nitrogen and oxygen atoms in total. The number of aromatic nitrogens is 4. The average molecular weight is 447 g/mol. The van der Waals surface area contributed by atoms with E-state index in [1.165, 1.54) is 29.8 Å². The first-order valence-electron chi connectivity index (χ1n) is 8.87. The summed E-state index contributed by atoms with van der Waals surface area (Å²) in [6.45, 7) is 2.82. The minimum Gasteiger partial charge on any atom is -0.468 e. The summed E-state index contributed by atoms with van der Waals surface area (Å²) >= 11 is 4.83. The van der Waals surface area contributed by atoms with E-state index in [0.29, 0.717) is 22.8 Å². The number of hydrogen-bond donors (Lipinski definition) is 0. The molecule has 0 bridgehead atoms. The fraction of sp³-hybridized carbons (Fsp3) is 0.263. The number of para-hydroxylation sites is 1. The largest absolute Gasteiger partial charge is 0.468 e. The molecule has 0 aliphatic rings. The predicted octanol–water partition coefficient (Wildman–Crippen LogP) is 4.87. The molecule has 0 unspecified atom stereocenters. The first kappa shape index (κ1) is 20.0. The van der Waals surface area contributed by atoms with Gasteiger partial charge in [0.15, 0.2) is 9.50 Å². The molecule has 0 spiro atoms. The van der Waals surface area contributed by atoms with E-state index in [0.717, 1.165) is 27.4 Å². The van der Waals surface area contributed by atoms with Crippen LogP contribution in [0, 0.1) is 0 Å². The van der Waals surface area contributed by atoms with Crippen LogP contribution in [0.25, 0.3) is 10.2 Å². The SMILES string of the molecule is CCn1c(CSc2nc3ccccc3s2)nnc1SCc1occc1C(=O)OC. The average Bonchev–Trinajstić information content (AvgIpc) is 3.47. The lowest BCUT2D eigenvalue weighted by molar-refractivity contribution is 0.0598. The maximum absolute atomic E-state index is 11.8. The standard InChI is InChI=1S/C19H18N4O3S3/c1-3-23-16(11-28-19-20-13-6-4-5-7-15(13)29-19)21-22-18(23)27-10-14-12(8-9-26-14)17(24)25-2/h4-9H,3,10-11H2,1-2H3. The van der Waals surface area contributed by atoms with Gasteiger partial charge < -0.3 is 13.7 Å². The van der Waals surface area contributed by atoms with E-state index in [9.17, 15) is 4.79 Å². The number of esters is 1. The lowest BCUT2D eigenvalue weighted by atomic mass is 10.3. The van der Waals surface area contributed by atoms with E-state index >= 15 is 0 Å². The van der Waals surface area contributed by atoms with Crippen molar-refractivity contribution in [3.63, 3.8) is 0 Å². The molecule has 0 aliphatic carbocycles. The molecular formula is C19H18N4O3S3. The third kappa shape index (κ3) is 4.34. The van der Waals surface area contributed by atoms with E-state index in [2.05, 4.69) is 32.7 Å². The molecule has 0 saturated heterocycles. The molecule has 4 rings (SSSR count). The number of fused-ring (bicyclic) bond motifs is 1. The Balaban J connectivity index is 1.44. The molecule has 29 heavy (non-hydrogen) atoms. The highest BCUT2D eigenvalue weighted by Crippen LogP contribution is 2.32. The molecule has 1 aromatic carbocycles. The van der Waals surface area contributed by atoms with Gasteiger partial charge in [-0.15, -0.1) is 21.5 Å². The van der Waals surface area contributed by atoms with Gasteiger partial charge in [0.1, 0.15) is 17.1 Å². The second-order valence-electron chi connectivity index (χ2n) is 5.92. The maximum atomic E-state index is 11.8. The van der Waals surface area contributed by atoms with Gasteiger partial charge in [-0.3, -0.25) is 0 Å². The fourth-order valence-electron chi connectivity index (χ4n) is 2.76. The monoisotopic (exact) mass is 446 g/mol. The van der Waals surface area contributed by atoms with E-state index in [4.69, 9.17) is 9.15 Å². The summed E-state index contributed by atoms with van der Waals surface area (Å²) in [5.74, 6) is 2.22. The number of thiazole rings is 1. The molecule has 0 fully saturated rings. The summed E-state index contributed by atoms with van der Waals surface area (Å²) in [5, 5.41) is 9.47. The minimum atomic E-state index is -0.403. The quantitative estimate of drug-likeness (QED) is 0.280. The number of hydrogen-bond acceptors (Lipinski definition) is 9. The number of ether oxygens (including phenoxy) is 1. The van der Waals surface area contributed by atoms with E-state index in [-0.39, 0.29) is 0 Å². The van der Waals surface area contributed by atoms with Gasteiger partial charge in [0, 0.05) is 6.54 Å². The second kappa shape index (κ2) is 9.02. The minimum absolute atomic E-state index is 0.403. The van der Waals surface area contributed by atoms with Crippen molar-refractivity contribution < 1.29 is 13.9 Å². The van der Waals surface area contributed by atoms with Crippen LogP contribution < -0.4 is 0 Å². The third-order valence-corrected chi connectivity index (χ3v) is 7.33. The Morgan fingerprint density at radius 3 is 2.86 bits per heavy atom. The molecule has 0 atom stereocenters. The number of nitrogens with zero attached hydrogens (tertiary/aromatic N) is 4. The first-order chi connectivity index (χ1) is 14.2. The first-order valence-corrected chi connectivity index (χ1v) is 11.7. The second-order valence-corrected chi connectivity index (χ2v) is 9.11. The zero-order valence-corrected chi connectivity index (χ0v) is 18.3. The number of carbonyl (C=O) groups excluding carboxylic acids is 1. The Kier molecular flexibility index (Phi) is 6.22. The molecule has 10 heteroatoms. The van der Waals surface area contributed by atoms with Crippen molar-refractivity contribution in [1.29, 1.82) is 0 Å². The number of rotatable bonds is 8. The van der Waals surface area contributed by atoms with Crippen molar-refractivity contribution in [2.75, 3.05) is 7.11 Å². The van der Waals surface area contributed by atoms with Gasteiger partial charge in [-0.2, -0.15) is 0 Å². The lowest BCUT2D eigenvalue weighted by Crippen LogP contribution is -2.04. The van der Waals surface area contributed by atoms with E-state index in [1.807, 2.05) is 18.2 Å². The molecule has 4 aromatic rings.